The van der Waals surface area contributed by atoms with Crippen molar-refractivity contribution in [3.63, 3.8) is 0 Å². The number of rotatable bonds is 5. The fraction of sp³-hybridized carbons (Fsp3) is 0.571. The maximum atomic E-state index is 4.55. The standard InChI is InChI=1S/C14H23N5/c1-6-8-15-14(12-7-9-18(4)17-12)13-10(2)16-19(5)11(13)3/h7,9,14-15H,6,8H2,1-5H3. The van der Waals surface area contributed by atoms with Crippen LogP contribution in [0, 0.1) is 13.8 Å². The van der Waals surface area contributed by atoms with Crippen molar-refractivity contribution < 1.29 is 0 Å². The lowest BCUT2D eigenvalue weighted by Crippen LogP contribution is -2.25. The van der Waals surface area contributed by atoms with Gasteiger partial charge in [0, 0.05) is 31.5 Å². The van der Waals surface area contributed by atoms with Gasteiger partial charge in [-0.2, -0.15) is 10.2 Å². The number of hydrogen-bond acceptors (Lipinski definition) is 3. The summed E-state index contributed by atoms with van der Waals surface area (Å²) < 4.78 is 3.78. The van der Waals surface area contributed by atoms with Crippen LogP contribution in [0.1, 0.15) is 42.0 Å². The van der Waals surface area contributed by atoms with E-state index in [1.807, 2.05) is 29.7 Å². The van der Waals surface area contributed by atoms with E-state index < -0.39 is 0 Å². The van der Waals surface area contributed by atoms with Crippen molar-refractivity contribution >= 4 is 0 Å². The summed E-state index contributed by atoms with van der Waals surface area (Å²) in [4.78, 5) is 0. The van der Waals surface area contributed by atoms with Crippen molar-refractivity contribution in [1.82, 2.24) is 24.9 Å². The third kappa shape index (κ3) is 2.71. The van der Waals surface area contributed by atoms with Gasteiger partial charge in [-0.3, -0.25) is 9.36 Å². The van der Waals surface area contributed by atoms with E-state index in [9.17, 15) is 0 Å². The molecule has 0 radical (unpaired) electrons. The molecule has 0 saturated heterocycles. The van der Waals surface area contributed by atoms with E-state index in [0.717, 1.165) is 24.4 Å². The van der Waals surface area contributed by atoms with Gasteiger partial charge in [-0.25, -0.2) is 0 Å². The highest BCUT2D eigenvalue weighted by atomic mass is 15.3. The normalized spacial score (nSPS) is 12.9. The van der Waals surface area contributed by atoms with Gasteiger partial charge >= 0.3 is 0 Å². The molecule has 1 unspecified atom stereocenters. The van der Waals surface area contributed by atoms with Crippen molar-refractivity contribution in [2.45, 2.75) is 33.2 Å². The largest absolute Gasteiger partial charge is 0.305 e. The minimum atomic E-state index is 0.120. The van der Waals surface area contributed by atoms with Crippen LogP contribution in [0.5, 0.6) is 0 Å². The Morgan fingerprint density at radius 1 is 1.26 bits per heavy atom. The van der Waals surface area contributed by atoms with Crippen LogP contribution in [0.25, 0.3) is 0 Å². The lowest BCUT2D eigenvalue weighted by Gasteiger charge is -2.17. The quantitative estimate of drug-likeness (QED) is 0.893. The van der Waals surface area contributed by atoms with Crippen LogP contribution >= 0.6 is 0 Å². The van der Waals surface area contributed by atoms with Crippen LogP contribution in [0.15, 0.2) is 12.3 Å². The molecule has 0 aromatic carbocycles. The first-order chi connectivity index (χ1) is 9.04. The van der Waals surface area contributed by atoms with Gasteiger partial charge in [0.2, 0.25) is 0 Å². The second kappa shape index (κ2) is 5.57. The van der Waals surface area contributed by atoms with Gasteiger partial charge in [0.05, 0.1) is 17.4 Å². The molecule has 0 aliphatic carbocycles. The monoisotopic (exact) mass is 261 g/mol. The lowest BCUT2D eigenvalue weighted by molar-refractivity contribution is 0.570. The summed E-state index contributed by atoms with van der Waals surface area (Å²) in [6.45, 7) is 7.31. The predicted octanol–water partition coefficient (Wildman–Crippen LogP) is 1.86. The first-order valence-corrected chi connectivity index (χ1v) is 6.77. The summed E-state index contributed by atoms with van der Waals surface area (Å²) in [5.74, 6) is 0. The SMILES string of the molecule is CCCNC(c1ccn(C)n1)c1c(C)nn(C)c1C. The molecule has 0 spiro atoms. The van der Waals surface area contributed by atoms with Gasteiger partial charge in [0.25, 0.3) is 0 Å². The first kappa shape index (κ1) is 13.8. The van der Waals surface area contributed by atoms with Crippen LogP contribution in [0.4, 0.5) is 0 Å². The smallest absolute Gasteiger partial charge is 0.0840 e. The van der Waals surface area contributed by atoms with Crippen LogP contribution < -0.4 is 5.32 Å². The molecular formula is C14H23N5. The van der Waals surface area contributed by atoms with E-state index >= 15 is 0 Å². The Bertz CT molecular complexity index is 552. The highest BCUT2D eigenvalue weighted by Crippen LogP contribution is 2.26. The molecule has 0 amide bonds. The Morgan fingerprint density at radius 3 is 2.47 bits per heavy atom. The number of aryl methyl sites for hydroxylation is 3. The van der Waals surface area contributed by atoms with Gasteiger partial charge in [0.15, 0.2) is 0 Å². The van der Waals surface area contributed by atoms with Gasteiger partial charge in [0.1, 0.15) is 0 Å². The topological polar surface area (TPSA) is 47.7 Å². The zero-order chi connectivity index (χ0) is 14.0. The third-order valence-corrected chi connectivity index (χ3v) is 3.48. The van der Waals surface area contributed by atoms with Crippen LogP contribution in [-0.2, 0) is 14.1 Å². The van der Waals surface area contributed by atoms with E-state index in [1.165, 1.54) is 11.3 Å². The summed E-state index contributed by atoms with van der Waals surface area (Å²) in [6.07, 6.45) is 3.08. The van der Waals surface area contributed by atoms with E-state index in [2.05, 4.69) is 42.4 Å². The molecular weight excluding hydrogens is 238 g/mol. The molecule has 2 heterocycles. The van der Waals surface area contributed by atoms with E-state index in [0.29, 0.717) is 0 Å². The van der Waals surface area contributed by atoms with Crippen molar-refractivity contribution in [2.24, 2.45) is 14.1 Å². The van der Waals surface area contributed by atoms with Crippen molar-refractivity contribution in [3.05, 3.63) is 34.9 Å². The van der Waals surface area contributed by atoms with E-state index in [-0.39, 0.29) is 6.04 Å². The Morgan fingerprint density at radius 2 is 2.00 bits per heavy atom. The van der Waals surface area contributed by atoms with Gasteiger partial charge in [-0.15, -0.1) is 0 Å². The van der Waals surface area contributed by atoms with Crippen LogP contribution in [-0.4, -0.2) is 26.1 Å². The number of aromatic nitrogens is 4. The molecule has 2 aromatic rings. The summed E-state index contributed by atoms with van der Waals surface area (Å²) in [5, 5.41) is 12.6. The second-order valence-electron chi connectivity index (χ2n) is 5.01. The zero-order valence-electron chi connectivity index (χ0n) is 12.4. The molecule has 0 aliphatic rings. The molecule has 2 rings (SSSR count). The summed E-state index contributed by atoms with van der Waals surface area (Å²) in [5.41, 5.74) is 4.56. The van der Waals surface area contributed by atoms with Crippen LogP contribution in [0.2, 0.25) is 0 Å². The molecule has 0 saturated carbocycles. The second-order valence-corrected chi connectivity index (χ2v) is 5.01. The zero-order valence-corrected chi connectivity index (χ0v) is 12.4. The Balaban J connectivity index is 2.42. The summed E-state index contributed by atoms with van der Waals surface area (Å²) >= 11 is 0. The molecule has 0 bridgehead atoms. The highest BCUT2D eigenvalue weighted by Gasteiger charge is 2.23. The molecule has 1 N–H and O–H groups in total. The van der Waals surface area contributed by atoms with E-state index in [4.69, 9.17) is 0 Å². The maximum Gasteiger partial charge on any atom is 0.0840 e. The third-order valence-electron chi connectivity index (χ3n) is 3.48. The highest BCUT2D eigenvalue weighted by molar-refractivity contribution is 5.34. The minimum Gasteiger partial charge on any atom is -0.305 e. The molecule has 104 valence electrons. The molecule has 0 fully saturated rings. The molecule has 1 atom stereocenters. The van der Waals surface area contributed by atoms with Crippen molar-refractivity contribution in [3.8, 4) is 0 Å². The Kier molecular flexibility index (Phi) is 4.04. The van der Waals surface area contributed by atoms with Crippen molar-refractivity contribution in [2.75, 3.05) is 6.54 Å². The summed E-state index contributed by atoms with van der Waals surface area (Å²) in [6, 6.07) is 2.19. The van der Waals surface area contributed by atoms with Crippen LogP contribution in [0.3, 0.4) is 0 Å². The van der Waals surface area contributed by atoms with E-state index in [1.54, 1.807) is 0 Å². The number of hydrogen-bond donors (Lipinski definition) is 1. The summed E-state index contributed by atoms with van der Waals surface area (Å²) in [7, 11) is 3.93. The van der Waals surface area contributed by atoms with Gasteiger partial charge in [-0.1, -0.05) is 6.92 Å². The first-order valence-electron chi connectivity index (χ1n) is 6.77. The number of nitrogens with one attached hydrogen (secondary N) is 1. The predicted molar refractivity (Wildman–Crippen MR) is 76.0 cm³/mol. The van der Waals surface area contributed by atoms with Gasteiger partial charge in [-0.05, 0) is 32.9 Å². The molecule has 5 heteroatoms. The average molecular weight is 261 g/mol. The average Bonchev–Trinajstić information content (AvgIpc) is 2.88. The van der Waals surface area contributed by atoms with Gasteiger partial charge < -0.3 is 5.32 Å². The Hall–Kier alpha value is -1.62. The lowest BCUT2D eigenvalue weighted by atomic mass is 10.0. The molecule has 19 heavy (non-hydrogen) atoms. The molecule has 0 aliphatic heterocycles. The maximum absolute atomic E-state index is 4.55. The molecule has 5 nitrogen and oxygen atoms in total. The fourth-order valence-corrected chi connectivity index (χ4v) is 2.44. The minimum absolute atomic E-state index is 0.120. The Labute approximate surface area is 114 Å². The number of nitrogens with zero attached hydrogens (tertiary/aromatic N) is 4. The molecule has 2 aromatic heterocycles. The fourth-order valence-electron chi connectivity index (χ4n) is 2.44. The van der Waals surface area contributed by atoms with Crippen molar-refractivity contribution in [1.29, 1.82) is 0 Å².